The van der Waals surface area contributed by atoms with E-state index in [9.17, 15) is 19.5 Å². The lowest BCUT2D eigenvalue weighted by Crippen LogP contribution is -2.44. The fraction of sp³-hybridized carbons (Fsp3) is 0.797. The summed E-state index contributed by atoms with van der Waals surface area (Å²) in [5, 5.41) is 11.8. The van der Waals surface area contributed by atoms with E-state index < -0.39 is 24.3 Å². The van der Waals surface area contributed by atoms with Crippen LogP contribution in [0, 0.1) is 0 Å². The second-order valence-electron chi connectivity index (χ2n) is 24.8. The molecule has 83 heavy (non-hydrogen) atoms. The smallest absolute Gasteiger partial charge is 0.306 e. The van der Waals surface area contributed by atoms with Crippen LogP contribution in [0.1, 0.15) is 322 Å². The van der Waals surface area contributed by atoms with Crippen LogP contribution < -0.4 is 5.11 Å². The summed E-state index contributed by atoms with van der Waals surface area (Å²) in [6.07, 6.45) is 82.8. The van der Waals surface area contributed by atoms with Crippen LogP contribution in [0.2, 0.25) is 0 Å². The number of unbranched alkanes of at least 4 members (excludes halogenated alkanes) is 38. The van der Waals surface area contributed by atoms with Gasteiger partial charge in [-0.05, 0) is 83.5 Å². The molecule has 0 rings (SSSR count). The maximum Gasteiger partial charge on any atom is 0.306 e. The quantitative estimate of drug-likeness (QED) is 0.0195. The van der Waals surface area contributed by atoms with Crippen molar-refractivity contribution in [2.24, 2.45) is 0 Å². The minimum Gasteiger partial charge on any atom is -0.545 e. The molecule has 0 spiro atoms. The lowest BCUT2D eigenvalue weighted by atomic mass is 10.0. The Kier molecular flexibility index (Phi) is 62.2. The molecule has 9 nitrogen and oxygen atoms in total. The van der Waals surface area contributed by atoms with Crippen molar-refractivity contribution in [1.82, 2.24) is 0 Å². The topological polar surface area (TPSA) is 111 Å². The number of aliphatic carboxylic acids is 1. The number of carboxylic acid groups (broad SMARTS) is 1. The number of allylic oxidation sites excluding steroid dienone is 12. The Bertz CT molecular complexity index is 1590. The zero-order valence-electron chi connectivity index (χ0n) is 55.1. The van der Waals surface area contributed by atoms with E-state index in [2.05, 4.69) is 86.8 Å². The number of rotatable bonds is 65. The summed E-state index contributed by atoms with van der Waals surface area (Å²) in [5.74, 6) is -2.27. The van der Waals surface area contributed by atoms with Gasteiger partial charge in [0.05, 0.1) is 40.3 Å². The highest BCUT2D eigenvalue weighted by Crippen LogP contribution is 2.18. The summed E-state index contributed by atoms with van der Waals surface area (Å²) in [5.41, 5.74) is 0. The second-order valence-corrected chi connectivity index (χ2v) is 24.8. The first-order valence-corrected chi connectivity index (χ1v) is 35.1. The van der Waals surface area contributed by atoms with Gasteiger partial charge in [-0.3, -0.25) is 9.59 Å². The number of carbonyl (C=O) groups is 3. The third-order valence-corrected chi connectivity index (χ3v) is 15.4. The van der Waals surface area contributed by atoms with Crippen LogP contribution in [0.25, 0.3) is 0 Å². The van der Waals surface area contributed by atoms with E-state index in [1.165, 1.54) is 225 Å². The molecule has 0 aromatic rings. The van der Waals surface area contributed by atoms with Crippen LogP contribution in [-0.4, -0.2) is 82.3 Å². The number of quaternary nitrogens is 1. The van der Waals surface area contributed by atoms with Crippen molar-refractivity contribution in [3.05, 3.63) is 72.9 Å². The fourth-order valence-corrected chi connectivity index (χ4v) is 10.1. The maximum atomic E-state index is 12.9. The Morgan fingerprint density at radius 2 is 0.687 bits per heavy atom. The van der Waals surface area contributed by atoms with Crippen LogP contribution in [0.5, 0.6) is 0 Å². The normalized spacial score (nSPS) is 13.1. The molecule has 0 heterocycles. The molecule has 9 heteroatoms. The Balaban J connectivity index is 3.99. The van der Waals surface area contributed by atoms with Gasteiger partial charge in [0, 0.05) is 12.8 Å². The minimum absolute atomic E-state index is 0.148. The van der Waals surface area contributed by atoms with Crippen molar-refractivity contribution in [1.29, 1.82) is 0 Å². The van der Waals surface area contributed by atoms with Crippen LogP contribution in [0.3, 0.4) is 0 Å². The summed E-state index contributed by atoms with van der Waals surface area (Å²) in [6, 6.07) is 0. The third kappa shape index (κ3) is 66.1. The van der Waals surface area contributed by atoms with Gasteiger partial charge in [0.15, 0.2) is 12.4 Å². The first kappa shape index (κ1) is 79.7. The summed E-state index contributed by atoms with van der Waals surface area (Å²) in [7, 11) is 5.94. The molecular formula is C74H133NO8. The first-order chi connectivity index (χ1) is 40.6. The van der Waals surface area contributed by atoms with Crippen molar-refractivity contribution in [2.75, 3.05) is 47.5 Å². The average Bonchev–Trinajstić information content (AvgIpc) is 3.46. The number of esters is 2. The van der Waals surface area contributed by atoms with E-state index in [0.29, 0.717) is 23.9 Å². The van der Waals surface area contributed by atoms with Gasteiger partial charge < -0.3 is 33.3 Å². The number of carbonyl (C=O) groups excluding carboxylic acids is 3. The summed E-state index contributed by atoms with van der Waals surface area (Å²) >= 11 is 0. The average molecular weight is 1160 g/mol. The molecule has 0 saturated heterocycles. The molecule has 0 aliphatic heterocycles. The molecule has 0 N–H and O–H groups in total. The van der Waals surface area contributed by atoms with E-state index >= 15 is 0 Å². The van der Waals surface area contributed by atoms with E-state index in [-0.39, 0.29) is 32.2 Å². The summed E-state index contributed by atoms with van der Waals surface area (Å²) in [4.78, 5) is 37.4. The number of likely N-dealkylation sites (N-methyl/N-ethyl adjacent to an activating group) is 1. The third-order valence-electron chi connectivity index (χ3n) is 15.4. The van der Waals surface area contributed by atoms with Gasteiger partial charge in [-0.25, -0.2) is 0 Å². The monoisotopic (exact) mass is 1160 g/mol. The highest BCUT2D eigenvalue weighted by molar-refractivity contribution is 5.70. The van der Waals surface area contributed by atoms with Crippen LogP contribution in [0.4, 0.5) is 0 Å². The Morgan fingerprint density at radius 1 is 0.373 bits per heavy atom. The van der Waals surface area contributed by atoms with Crippen molar-refractivity contribution in [3.8, 4) is 0 Å². The zero-order chi connectivity index (χ0) is 60.5. The lowest BCUT2D eigenvalue weighted by Gasteiger charge is -2.26. The molecule has 482 valence electrons. The van der Waals surface area contributed by atoms with Gasteiger partial charge in [0.25, 0.3) is 0 Å². The fourth-order valence-electron chi connectivity index (χ4n) is 10.1. The first-order valence-electron chi connectivity index (χ1n) is 35.1. The molecule has 0 aliphatic carbocycles. The SMILES string of the molecule is CC/C=C\C/C=C\C/C=C\C/C=C\C/C=C\CCCCCCCCCCCCCCCCCCCCCCCCCC(=O)OC(COC(=O)CCCCCCCCCCC/C=C\CCCCCCCC)COC(OCC[N+](C)(C)C)C(=O)[O-]. The Hall–Kier alpha value is -3.27. The highest BCUT2D eigenvalue weighted by atomic mass is 16.7. The van der Waals surface area contributed by atoms with E-state index in [0.717, 1.165) is 64.2 Å². The lowest BCUT2D eigenvalue weighted by molar-refractivity contribution is -0.870. The number of hydrogen-bond donors (Lipinski definition) is 0. The van der Waals surface area contributed by atoms with E-state index in [1.54, 1.807) is 0 Å². The Labute approximate surface area is 513 Å². The summed E-state index contributed by atoms with van der Waals surface area (Å²) < 4.78 is 22.8. The number of hydrogen-bond acceptors (Lipinski definition) is 8. The number of ether oxygens (including phenoxy) is 4. The van der Waals surface area contributed by atoms with Gasteiger partial charge in [-0.1, -0.05) is 299 Å². The number of carboxylic acids is 1. The van der Waals surface area contributed by atoms with Gasteiger partial charge in [0.1, 0.15) is 13.2 Å². The van der Waals surface area contributed by atoms with Gasteiger partial charge >= 0.3 is 11.9 Å². The predicted molar refractivity (Wildman–Crippen MR) is 352 cm³/mol. The number of nitrogens with zero attached hydrogens (tertiary/aromatic N) is 1. The maximum absolute atomic E-state index is 12.9. The van der Waals surface area contributed by atoms with Gasteiger partial charge in [-0.15, -0.1) is 0 Å². The van der Waals surface area contributed by atoms with Gasteiger partial charge in [0.2, 0.25) is 0 Å². The highest BCUT2D eigenvalue weighted by Gasteiger charge is 2.22. The van der Waals surface area contributed by atoms with Crippen molar-refractivity contribution < 1.29 is 42.9 Å². The second kappa shape index (κ2) is 64.7. The molecule has 2 atom stereocenters. The molecule has 0 radical (unpaired) electrons. The molecule has 0 bridgehead atoms. The molecule has 0 aromatic carbocycles. The molecule has 2 unspecified atom stereocenters. The van der Waals surface area contributed by atoms with Crippen molar-refractivity contribution in [2.45, 2.75) is 334 Å². The van der Waals surface area contributed by atoms with Crippen LogP contribution in [-0.2, 0) is 33.3 Å². The summed E-state index contributed by atoms with van der Waals surface area (Å²) in [6.45, 7) is 4.67. The van der Waals surface area contributed by atoms with Crippen LogP contribution >= 0.6 is 0 Å². The van der Waals surface area contributed by atoms with Crippen LogP contribution in [0.15, 0.2) is 72.9 Å². The Morgan fingerprint density at radius 3 is 1.04 bits per heavy atom. The molecule has 0 fully saturated rings. The molecule has 0 aliphatic rings. The molecular weight excluding hydrogens is 1030 g/mol. The zero-order valence-corrected chi connectivity index (χ0v) is 55.1. The van der Waals surface area contributed by atoms with E-state index in [1.807, 2.05) is 21.1 Å². The minimum atomic E-state index is -1.62. The van der Waals surface area contributed by atoms with Crippen molar-refractivity contribution >= 4 is 17.9 Å². The molecule has 0 amide bonds. The van der Waals surface area contributed by atoms with E-state index in [4.69, 9.17) is 18.9 Å². The standard InChI is InChI=1S/C74H133NO8/c1-6-8-10-12-14-16-18-20-22-24-26-27-28-29-30-31-32-33-34-35-36-37-38-39-40-41-42-43-44-45-47-49-51-53-55-57-59-61-63-65-72(77)83-70(69-82-74(73(78)79)80-67-66-75(3,4)5)68-81-71(76)64-62-60-58-56-54-52-50-48-46-25-23-21-19-17-15-13-11-9-7-2/h8,10,14,16,20-23,26-27,29-30,70,74H,6-7,9,11-13,15,17-19,24-25,28,31-69H2,1-5H3/b10-8-,16-14-,22-20-,23-21-,27-26-,30-29-. The predicted octanol–water partition coefficient (Wildman–Crippen LogP) is 20.4. The molecule has 0 aromatic heterocycles. The molecule has 0 saturated carbocycles. The van der Waals surface area contributed by atoms with Gasteiger partial charge in [-0.2, -0.15) is 0 Å². The largest absolute Gasteiger partial charge is 0.545 e. The van der Waals surface area contributed by atoms with Crippen molar-refractivity contribution in [3.63, 3.8) is 0 Å².